The first-order chi connectivity index (χ1) is 24.0. The Labute approximate surface area is 299 Å². The Morgan fingerprint density at radius 1 is 0.571 bits per heavy atom. The highest BCUT2D eigenvalue weighted by Crippen LogP contribution is 2.27. The zero-order valence-corrected chi connectivity index (χ0v) is 30.8. The Morgan fingerprint density at radius 2 is 1.00 bits per heavy atom. The Balaban J connectivity index is 1.80. The lowest BCUT2D eigenvalue weighted by atomic mass is 10.00. The monoisotopic (exact) mass is 690 g/mol. The van der Waals surface area contributed by atoms with Crippen LogP contribution >= 0.6 is 11.8 Å². The van der Waals surface area contributed by atoms with Crippen molar-refractivity contribution >= 4 is 22.8 Å². The molecule has 0 saturated carbocycles. The molecule has 0 N–H and O–H groups in total. The molecule has 0 saturated heterocycles. The third-order valence-electron chi connectivity index (χ3n) is 8.53. The highest BCUT2D eigenvalue weighted by atomic mass is 32.2. The van der Waals surface area contributed by atoms with Crippen molar-refractivity contribution < 1.29 is 28.5 Å². The van der Waals surface area contributed by atoms with Crippen molar-refractivity contribution in [2.45, 2.75) is 136 Å². The van der Waals surface area contributed by atoms with Crippen LogP contribution in [-0.2, 0) is 48.4 Å². The molecule has 3 aromatic rings. The molecule has 49 heavy (non-hydrogen) atoms. The molecule has 0 fully saturated rings. The number of hydrogen-bond donors (Lipinski definition) is 0. The maximum atomic E-state index is 14.2. The summed E-state index contributed by atoms with van der Waals surface area (Å²) in [7, 11) is 0. The fourth-order valence-corrected chi connectivity index (χ4v) is 6.72. The molecule has 0 spiro atoms. The second-order valence-corrected chi connectivity index (χ2v) is 13.7. The van der Waals surface area contributed by atoms with E-state index < -0.39 is 30.4 Å². The summed E-state index contributed by atoms with van der Waals surface area (Å²) in [4.78, 5) is 26.5. The zero-order valence-electron chi connectivity index (χ0n) is 29.9. The Hall–Kier alpha value is -2.97. The molecule has 0 aromatic heterocycles. The van der Waals surface area contributed by atoms with Gasteiger partial charge in [0.2, 0.25) is 5.12 Å². The van der Waals surface area contributed by atoms with E-state index >= 15 is 0 Å². The molecule has 0 heterocycles. The standard InChI is InChI=1S/C42H58O6S/c1-4-6-7-8-9-10-11-12-13-23-30-49-42(44)41(47-33-37-28-21-16-22-29-37)40(46-32-36-26-19-15-20-27-36)39(38(5-2)48-34(3)43)45-31-35-24-17-14-18-25-35/h14-22,24-29,38-41H,4-13,23,30-33H2,1-3H3/t38-,39-,40+,41-/m1/s1. The maximum Gasteiger partial charge on any atom is 0.302 e. The van der Waals surface area contributed by atoms with Crippen molar-refractivity contribution in [2.24, 2.45) is 0 Å². The molecular formula is C42H58O6S. The first kappa shape index (κ1) is 40.5. The van der Waals surface area contributed by atoms with Crippen LogP contribution in [0.15, 0.2) is 91.0 Å². The van der Waals surface area contributed by atoms with Crippen LogP contribution in [0.4, 0.5) is 0 Å². The Kier molecular flexibility index (Phi) is 20.7. The molecule has 0 radical (unpaired) electrons. The smallest absolute Gasteiger partial charge is 0.302 e. The van der Waals surface area contributed by atoms with Gasteiger partial charge in [0.05, 0.1) is 19.8 Å². The van der Waals surface area contributed by atoms with Crippen LogP contribution in [0.2, 0.25) is 0 Å². The van der Waals surface area contributed by atoms with Gasteiger partial charge in [-0.25, -0.2) is 0 Å². The number of esters is 1. The quantitative estimate of drug-likeness (QED) is 0.0613. The first-order valence-electron chi connectivity index (χ1n) is 18.3. The normalized spacial score (nSPS) is 13.8. The molecule has 0 bridgehead atoms. The number of thioether (sulfide) groups is 1. The molecule has 0 aliphatic rings. The van der Waals surface area contributed by atoms with E-state index in [1.54, 1.807) is 0 Å². The van der Waals surface area contributed by atoms with Gasteiger partial charge in [-0.15, -0.1) is 0 Å². The Morgan fingerprint density at radius 3 is 1.45 bits per heavy atom. The van der Waals surface area contributed by atoms with E-state index in [-0.39, 0.29) is 24.9 Å². The molecule has 0 amide bonds. The third kappa shape index (κ3) is 16.5. The number of unbranched alkanes of at least 4 members (excludes halogenated alkanes) is 9. The van der Waals surface area contributed by atoms with Crippen molar-refractivity contribution in [1.82, 2.24) is 0 Å². The molecule has 3 aromatic carbocycles. The highest BCUT2D eigenvalue weighted by molar-refractivity contribution is 8.13. The fourth-order valence-electron chi connectivity index (χ4n) is 5.80. The van der Waals surface area contributed by atoms with Crippen LogP contribution in [0.25, 0.3) is 0 Å². The summed E-state index contributed by atoms with van der Waals surface area (Å²) in [5, 5.41) is -0.101. The molecule has 0 aliphatic carbocycles. The van der Waals surface area contributed by atoms with Crippen molar-refractivity contribution in [2.75, 3.05) is 5.75 Å². The van der Waals surface area contributed by atoms with Crippen LogP contribution in [0.5, 0.6) is 0 Å². The van der Waals surface area contributed by atoms with Gasteiger partial charge in [-0.05, 0) is 29.5 Å². The Bertz CT molecular complexity index is 1270. The largest absolute Gasteiger partial charge is 0.460 e. The molecule has 0 unspecified atom stereocenters. The lowest BCUT2D eigenvalue weighted by Crippen LogP contribution is -2.52. The lowest BCUT2D eigenvalue weighted by Gasteiger charge is -2.36. The first-order valence-corrected chi connectivity index (χ1v) is 19.3. The summed E-state index contributed by atoms with van der Waals surface area (Å²) in [6.07, 6.45) is 9.68. The summed E-state index contributed by atoms with van der Waals surface area (Å²) in [5.74, 6) is 0.299. The van der Waals surface area contributed by atoms with Crippen LogP contribution in [-0.4, -0.2) is 41.3 Å². The summed E-state index contributed by atoms with van der Waals surface area (Å²) in [6.45, 7) is 6.34. The van der Waals surface area contributed by atoms with E-state index in [2.05, 4.69) is 6.92 Å². The predicted molar refractivity (Wildman–Crippen MR) is 200 cm³/mol. The molecule has 4 atom stereocenters. The van der Waals surface area contributed by atoms with Crippen molar-refractivity contribution in [3.8, 4) is 0 Å². The number of ether oxygens (including phenoxy) is 4. The number of hydrogen-bond acceptors (Lipinski definition) is 7. The van der Waals surface area contributed by atoms with Crippen LogP contribution in [0.3, 0.4) is 0 Å². The number of carbonyl (C=O) groups is 2. The maximum absolute atomic E-state index is 14.2. The van der Waals surface area contributed by atoms with E-state index in [0.717, 1.165) is 29.5 Å². The van der Waals surface area contributed by atoms with Crippen molar-refractivity contribution in [1.29, 1.82) is 0 Å². The molecule has 3 rings (SSSR count). The van der Waals surface area contributed by atoms with Gasteiger partial charge in [-0.2, -0.15) is 0 Å². The minimum absolute atomic E-state index is 0.101. The van der Waals surface area contributed by atoms with Crippen molar-refractivity contribution in [3.05, 3.63) is 108 Å². The summed E-state index contributed by atoms with van der Waals surface area (Å²) < 4.78 is 25.6. The number of benzene rings is 3. The average molecular weight is 691 g/mol. The van der Waals surface area contributed by atoms with E-state index in [1.165, 1.54) is 70.1 Å². The van der Waals surface area contributed by atoms with Gasteiger partial charge in [0.1, 0.15) is 18.3 Å². The van der Waals surface area contributed by atoms with Gasteiger partial charge in [0, 0.05) is 12.7 Å². The molecule has 6 nitrogen and oxygen atoms in total. The van der Waals surface area contributed by atoms with Crippen LogP contribution in [0.1, 0.15) is 108 Å². The highest BCUT2D eigenvalue weighted by Gasteiger charge is 2.42. The van der Waals surface area contributed by atoms with Gasteiger partial charge >= 0.3 is 5.97 Å². The van der Waals surface area contributed by atoms with Gasteiger partial charge in [0.15, 0.2) is 6.10 Å². The summed E-state index contributed by atoms with van der Waals surface area (Å²) in [5.41, 5.74) is 2.88. The second-order valence-electron chi connectivity index (χ2n) is 12.6. The second kappa shape index (κ2) is 25.1. The molecular weight excluding hydrogens is 633 g/mol. The minimum atomic E-state index is -0.956. The van der Waals surface area contributed by atoms with Crippen LogP contribution in [0, 0.1) is 0 Å². The average Bonchev–Trinajstić information content (AvgIpc) is 3.13. The van der Waals surface area contributed by atoms with Crippen LogP contribution < -0.4 is 0 Å². The zero-order chi connectivity index (χ0) is 34.9. The van der Waals surface area contributed by atoms with Gasteiger partial charge in [-0.3, -0.25) is 9.59 Å². The number of carbonyl (C=O) groups excluding carboxylic acids is 2. The fraction of sp³-hybridized carbons (Fsp3) is 0.524. The summed E-state index contributed by atoms with van der Waals surface area (Å²) in [6, 6.07) is 29.5. The SMILES string of the molecule is CCCCCCCCCCCCSC(=O)[C@H](OCc1ccccc1)[C@@H](OCc1ccccc1)[C@H](OCc1ccccc1)[C@@H](CC)OC(C)=O. The molecule has 7 heteroatoms. The molecule has 268 valence electrons. The number of rotatable bonds is 26. The lowest BCUT2D eigenvalue weighted by molar-refractivity contribution is -0.192. The minimum Gasteiger partial charge on any atom is -0.460 e. The summed E-state index contributed by atoms with van der Waals surface area (Å²) >= 11 is 1.30. The third-order valence-corrected chi connectivity index (χ3v) is 9.54. The van der Waals surface area contributed by atoms with E-state index in [0.29, 0.717) is 12.2 Å². The van der Waals surface area contributed by atoms with Crippen molar-refractivity contribution in [3.63, 3.8) is 0 Å². The van der Waals surface area contributed by atoms with E-state index in [4.69, 9.17) is 18.9 Å². The predicted octanol–water partition coefficient (Wildman–Crippen LogP) is 10.3. The van der Waals surface area contributed by atoms with Gasteiger partial charge < -0.3 is 18.9 Å². The van der Waals surface area contributed by atoms with Gasteiger partial charge in [0.25, 0.3) is 0 Å². The topological polar surface area (TPSA) is 71.1 Å². The van der Waals surface area contributed by atoms with E-state index in [1.807, 2.05) is 97.9 Å². The van der Waals surface area contributed by atoms with Gasteiger partial charge in [-0.1, -0.05) is 174 Å². The molecule has 0 aliphatic heterocycles. The van der Waals surface area contributed by atoms with E-state index in [9.17, 15) is 9.59 Å².